The van der Waals surface area contributed by atoms with Crippen LogP contribution in [-0.4, -0.2) is 11.6 Å². The summed E-state index contributed by atoms with van der Waals surface area (Å²) in [6.45, 7) is 0. The molecule has 0 radical (unpaired) electrons. The molecule has 0 aromatic heterocycles. The molecule has 21 heavy (non-hydrogen) atoms. The second-order valence-corrected chi connectivity index (χ2v) is 6.86. The lowest BCUT2D eigenvalue weighted by Crippen LogP contribution is -2.51. The fourth-order valence-corrected chi connectivity index (χ4v) is 4.10. The molecule has 112 valence electrons. The highest BCUT2D eigenvalue weighted by molar-refractivity contribution is 5.22. The van der Waals surface area contributed by atoms with Crippen molar-refractivity contribution in [3.8, 4) is 6.07 Å². The third-order valence-corrected chi connectivity index (χ3v) is 5.41. The van der Waals surface area contributed by atoms with Crippen LogP contribution in [0, 0.1) is 11.3 Å². The van der Waals surface area contributed by atoms with Crippen molar-refractivity contribution in [2.24, 2.45) is 0 Å². The zero-order valence-electron chi connectivity index (χ0n) is 12.9. The Morgan fingerprint density at radius 3 is 2.24 bits per heavy atom. The Morgan fingerprint density at radius 2 is 1.62 bits per heavy atom. The topological polar surface area (TPSA) is 35.8 Å². The Morgan fingerprint density at radius 1 is 0.952 bits per heavy atom. The summed E-state index contributed by atoms with van der Waals surface area (Å²) in [5.74, 6) is 0.640. The Balaban J connectivity index is 1.60. The second kappa shape index (κ2) is 6.62. The molecule has 1 aromatic carbocycles. The lowest BCUT2D eigenvalue weighted by atomic mass is 9.74. The summed E-state index contributed by atoms with van der Waals surface area (Å²) in [6.07, 6.45) is 10.8. The van der Waals surface area contributed by atoms with E-state index in [9.17, 15) is 5.26 Å². The van der Waals surface area contributed by atoms with Gasteiger partial charge < -0.3 is 0 Å². The van der Waals surface area contributed by atoms with Gasteiger partial charge in [0.05, 0.1) is 6.07 Å². The van der Waals surface area contributed by atoms with E-state index >= 15 is 0 Å². The lowest BCUT2D eigenvalue weighted by molar-refractivity contribution is 0.226. The van der Waals surface area contributed by atoms with Gasteiger partial charge in [-0.2, -0.15) is 5.26 Å². The maximum Gasteiger partial charge on any atom is 0.107 e. The molecule has 0 saturated heterocycles. The standard InChI is InChI=1S/C19H26N2/c20-15-19(21-18-9-5-2-6-10-18)13-11-17(12-14-19)16-7-3-1-4-8-16/h1,3-4,7-8,17-18,21H,2,5-6,9-14H2. The second-order valence-electron chi connectivity index (χ2n) is 6.86. The van der Waals surface area contributed by atoms with Crippen molar-refractivity contribution in [2.45, 2.75) is 75.3 Å². The molecular weight excluding hydrogens is 256 g/mol. The highest BCUT2D eigenvalue weighted by Crippen LogP contribution is 2.38. The van der Waals surface area contributed by atoms with Crippen LogP contribution in [0.5, 0.6) is 0 Å². The molecule has 0 bridgehead atoms. The first kappa shape index (κ1) is 14.6. The van der Waals surface area contributed by atoms with Gasteiger partial charge in [0.15, 0.2) is 0 Å². The number of nitriles is 1. The molecule has 2 saturated carbocycles. The normalized spacial score (nSPS) is 30.7. The predicted molar refractivity (Wildman–Crippen MR) is 86.0 cm³/mol. The van der Waals surface area contributed by atoms with Gasteiger partial charge in [0.25, 0.3) is 0 Å². The summed E-state index contributed by atoms with van der Waals surface area (Å²) in [5.41, 5.74) is 1.19. The van der Waals surface area contributed by atoms with Crippen LogP contribution >= 0.6 is 0 Å². The van der Waals surface area contributed by atoms with E-state index in [1.165, 1.54) is 37.7 Å². The Labute approximate surface area is 128 Å². The van der Waals surface area contributed by atoms with Gasteiger partial charge in [-0.3, -0.25) is 5.32 Å². The molecule has 1 N–H and O–H groups in total. The number of nitrogens with zero attached hydrogens (tertiary/aromatic N) is 1. The van der Waals surface area contributed by atoms with E-state index < -0.39 is 0 Å². The number of rotatable bonds is 3. The summed E-state index contributed by atoms with van der Waals surface area (Å²) in [5, 5.41) is 13.4. The maximum absolute atomic E-state index is 9.72. The zero-order chi connectivity index (χ0) is 14.5. The van der Waals surface area contributed by atoms with Gasteiger partial charge >= 0.3 is 0 Å². The Bertz CT molecular complexity index is 474. The van der Waals surface area contributed by atoms with E-state index in [-0.39, 0.29) is 5.54 Å². The first-order valence-corrected chi connectivity index (χ1v) is 8.55. The molecule has 3 rings (SSSR count). The summed E-state index contributed by atoms with van der Waals surface area (Å²) in [4.78, 5) is 0. The molecule has 1 aromatic rings. The average molecular weight is 282 g/mol. The quantitative estimate of drug-likeness (QED) is 0.884. The molecule has 0 heterocycles. The van der Waals surface area contributed by atoms with Crippen molar-refractivity contribution in [3.63, 3.8) is 0 Å². The largest absolute Gasteiger partial charge is 0.297 e. The third kappa shape index (κ3) is 3.47. The van der Waals surface area contributed by atoms with Crippen LogP contribution in [0.3, 0.4) is 0 Å². The third-order valence-electron chi connectivity index (χ3n) is 5.41. The van der Waals surface area contributed by atoms with Gasteiger partial charge in [-0.15, -0.1) is 0 Å². The van der Waals surface area contributed by atoms with Crippen molar-refractivity contribution < 1.29 is 0 Å². The maximum atomic E-state index is 9.72. The minimum atomic E-state index is -0.257. The Kier molecular flexibility index (Phi) is 4.60. The highest BCUT2D eigenvalue weighted by Gasteiger charge is 2.37. The van der Waals surface area contributed by atoms with Gasteiger partial charge in [-0.05, 0) is 50.0 Å². The fraction of sp³-hybridized carbons (Fsp3) is 0.632. The van der Waals surface area contributed by atoms with E-state index in [2.05, 4.69) is 41.7 Å². The highest BCUT2D eigenvalue weighted by atomic mass is 15.0. The number of hydrogen-bond donors (Lipinski definition) is 1. The molecule has 2 aliphatic carbocycles. The van der Waals surface area contributed by atoms with E-state index in [0.717, 1.165) is 25.7 Å². The molecule has 0 unspecified atom stereocenters. The summed E-state index contributed by atoms with van der Waals surface area (Å²) in [6, 6.07) is 14.0. The first-order valence-electron chi connectivity index (χ1n) is 8.55. The molecule has 2 nitrogen and oxygen atoms in total. The fourth-order valence-electron chi connectivity index (χ4n) is 4.10. The van der Waals surface area contributed by atoms with Crippen molar-refractivity contribution in [2.75, 3.05) is 0 Å². The lowest BCUT2D eigenvalue weighted by Gasteiger charge is -2.39. The SMILES string of the molecule is N#CC1(NC2CCCCC2)CCC(c2ccccc2)CC1. The zero-order valence-corrected chi connectivity index (χ0v) is 12.9. The molecule has 2 fully saturated rings. The summed E-state index contributed by atoms with van der Waals surface area (Å²) < 4.78 is 0. The molecule has 2 heteroatoms. The van der Waals surface area contributed by atoms with Crippen molar-refractivity contribution >= 4 is 0 Å². The molecule has 0 amide bonds. The van der Waals surface area contributed by atoms with Crippen LogP contribution < -0.4 is 5.32 Å². The van der Waals surface area contributed by atoms with Crippen molar-refractivity contribution in [3.05, 3.63) is 35.9 Å². The van der Waals surface area contributed by atoms with Crippen LogP contribution in [-0.2, 0) is 0 Å². The molecule has 0 atom stereocenters. The smallest absolute Gasteiger partial charge is 0.107 e. The summed E-state index contributed by atoms with van der Waals surface area (Å²) >= 11 is 0. The number of benzene rings is 1. The molecule has 2 aliphatic rings. The first-order chi connectivity index (χ1) is 10.3. The van der Waals surface area contributed by atoms with Crippen LogP contribution in [0.15, 0.2) is 30.3 Å². The molecule has 0 aliphatic heterocycles. The minimum Gasteiger partial charge on any atom is -0.297 e. The predicted octanol–water partition coefficient (Wildman–Crippen LogP) is 4.53. The molecule has 0 spiro atoms. The van der Waals surface area contributed by atoms with Gasteiger partial charge in [0.1, 0.15) is 5.54 Å². The van der Waals surface area contributed by atoms with Crippen molar-refractivity contribution in [1.82, 2.24) is 5.32 Å². The van der Waals surface area contributed by atoms with Gasteiger partial charge in [-0.25, -0.2) is 0 Å². The van der Waals surface area contributed by atoms with E-state index in [1.54, 1.807) is 0 Å². The number of nitrogens with one attached hydrogen (secondary N) is 1. The monoisotopic (exact) mass is 282 g/mol. The Hall–Kier alpha value is -1.33. The van der Waals surface area contributed by atoms with Crippen molar-refractivity contribution in [1.29, 1.82) is 5.26 Å². The van der Waals surface area contributed by atoms with Crippen LogP contribution in [0.1, 0.15) is 69.3 Å². The van der Waals surface area contributed by atoms with Gasteiger partial charge in [-0.1, -0.05) is 49.6 Å². The van der Waals surface area contributed by atoms with E-state index in [1.807, 2.05) is 0 Å². The van der Waals surface area contributed by atoms with Crippen LogP contribution in [0.4, 0.5) is 0 Å². The van der Waals surface area contributed by atoms with E-state index in [4.69, 9.17) is 0 Å². The van der Waals surface area contributed by atoms with E-state index in [0.29, 0.717) is 12.0 Å². The number of hydrogen-bond acceptors (Lipinski definition) is 2. The van der Waals surface area contributed by atoms with Crippen LogP contribution in [0.25, 0.3) is 0 Å². The summed E-state index contributed by atoms with van der Waals surface area (Å²) in [7, 11) is 0. The van der Waals surface area contributed by atoms with Gasteiger partial charge in [0, 0.05) is 6.04 Å². The molecular formula is C19H26N2. The van der Waals surface area contributed by atoms with Crippen LogP contribution in [0.2, 0.25) is 0 Å². The van der Waals surface area contributed by atoms with Gasteiger partial charge in [0.2, 0.25) is 0 Å². The average Bonchev–Trinajstić information content (AvgIpc) is 2.57. The minimum absolute atomic E-state index is 0.257.